The van der Waals surface area contributed by atoms with E-state index in [9.17, 15) is 4.79 Å². The number of methoxy groups -OCH3 is 1. The number of ether oxygens (including phenoxy) is 2. The van der Waals surface area contributed by atoms with Gasteiger partial charge in [0.2, 0.25) is 0 Å². The first-order valence-electron chi connectivity index (χ1n) is 14.1. The lowest BCUT2D eigenvalue weighted by Gasteiger charge is -2.32. The molecule has 2 N–H and O–H groups in total. The second-order valence-corrected chi connectivity index (χ2v) is 11.8. The predicted molar refractivity (Wildman–Crippen MR) is 172 cm³/mol. The molecule has 0 saturated carbocycles. The Morgan fingerprint density at radius 1 is 1.02 bits per heavy atom. The molecule has 1 aliphatic rings. The fourth-order valence-corrected chi connectivity index (χ4v) is 6.06. The standard InChI is InChI=1S/C31H32ClN7O3S/c1-38-10-12-39(13-11-38)9-4-14-42-27-18-25-23(17-26(27)41-2)29(34-19-33-25)37-31-36-24-8-7-22(16-28(24)43-31)35-30(40)20-5-3-6-21(32)15-20/h3,5-8,15-19H,4,9-14H2,1-2H3,(H,35,40)(H,33,34,36,37). The maximum Gasteiger partial charge on any atom is 0.255 e. The highest BCUT2D eigenvalue weighted by molar-refractivity contribution is 7.22. The molecule has 0 atom stereocenters. The Bertz CT molecular complexity index is 1760. The van der Waals surface area contributed by atoms with E-state index in [1.165, 1.54) is 17.7 Å². The van der Waals surface area contributed by atoms with Crippen LogP contribution in [0.5, 0.6) is 11.5 Å². The van der Waals surface area contributed by atoms with E-state index in [2.05, 4.69) is 37.4 Å². The summed E-state index contributed by atoms with van der Waals surface area (Å²) in [6.07, 6.45) is 2.45. The number of nitrogens with one attached hydrogen (secondary N) is 2. The van der Waals surface area contributed by atoms with Crippen molar-refractivity contribution in [1.29, 1.82) is 0 Å². The third kappa shape index (κ3) is 6.97. The van der Waals surface area contributed by atoms with Gasteiger partial charge in [-0.3, -0.25) is 4.79 Å². The molecule has 1 amide bonds. The quantitative estimate of drug-likeness (QED) is 0.185. The van der Waals surface area contributed by atoms with Gasteiger partial charge >= 0.3 is 0 Å². The Balaban J connectivity index is 1.14. The summed E-state index contributed by atoms with van der Waals surface area (Å²) in [5.74, 6) is 1.66. The predicted octanol–water partition coefficient (Wildman–Crippen LogP) is 5.91. The summed E-state index contributed by atoms with van der Waals surface area (Å²) in [5, 5.41) is 8.23. The number of rotatable bonds is 10. The first kappa shape index (κ1) is 29.1. The molecular weight excluding hydrogens is 586 g/mol. The number of anilines is 3. The Morgan fingerprint density at radius 3 is 2.70 bits per heavy atom. The van der Waals surface area contributed by atoms with Gasteiger partial charge in [0.1, 0.15) is 12.1 Å². The van der Waals surface area contributed by atoms with Gasteiger partial charge in [-0.2, -0.15) is 0 Å². The molecule has 0 bridgehead atoms. The Kier molecular flexibility index (Phi) is 8.85. The summed E-state index contributed by atoms with van der Waals surface area (Å²) in [6.45, 7) is 6.01. The minimum Gasteiger partial charge on any atom is -0.493 e. The van der Waals surface area contributed by atoms with Crippen LogP contribution in [0.15, 0.2) is 60.9 Å². The fourth-order valence-electron chi connectivity index (χ4n) is 4.97. The zero-order valence-corrected chi connectivity index (χ0v) is 25.5. The van der Waals surface area contributed by atoms with Crippen LogP contribution < -0.4 is 20.1 Å². The van der Waals surface area contributed by atoms with Crippen molar-refractivity contribution in [3.05, 3.63) is 71.5 Å². The van der Waals surface area contributed by atoms with Gasteiger partial charge < -0.3 is 29.9 Å². The second-order valence-electron chi connectivity index (χ2n) is 10.4. The van der Waals surface area contributed by atoms with Crippen LogP contribution in [-0.2, 0) is 0 Å². The first-order chi connectivity index (χ1) is 20.9. The summed E-state index contributed by atoms with van der Waals surface area (Å²) >= 11 is 7.50. The number of amides is 1. The Morgan fingerprint density at radius 2 is 1.88 bits per heavy atom. The molecule has 0 radical (unpaired) electrons. The van der Waals surface area contributed by atoms with Crippen LogP contribution in [0.2, 0.25) is 5.02 Å². The zero-order valence-electron chi connectivity index (χ0n) is 24.0. The van der Waals surface area contributed by atoms with Crippen LogP contribution in [0.25, 0.3) is 21.1 Å². The van der Waals surface area contributed by atoms with Crippen molar-refractivity contribution in [2.24, 2.45) is 0 Å². The van der Waals surface area contributed by atoms with Gasteiger partial charge in [0, 0.05) is 60.4 Å². The number of likely N-dealkylation sites (N-methyl/N-ethyl adjacent to an activating group) is 1. The summed E-state index contributed by atoms with van der Waals surface area (Å²) in [5.41, 5.74) is 2.70. The van der Waals surface area contributed by atoms with E-state index in [1.807, 2.05) is 30.3 Å². The highest BCUT2D eigenvalue weighted by atomic mass is 35.5. The number of hydrogen-bond acceptors (Lipinski definition) is 10. The lowest BCUT2D eigenvalue weighted by Crippen LogP contribution is -2.44. The molecule has 1 saturated heterocycles. The molecular formula is C31H32ClN7O3S. The van der Waals surface area contributed by atoms with Gasteiger partial charge in [-0.05, 0) is 55.9 Å². The summed E-state index contributed by atoms with van der Waals surface area (Å²) in [4.78, 5) is 31.2. The van der Waals surface area contributed by atoms with E-state index in [1.54, 1.807) is 31.4 Å². The lowest BCUT2D eigenvalue weighted by atomic mass is 10.2. The van der Waals surface area contributed by atoms with Crippen LogP contribution in [0.4, 0.5) is 16.6 Å². The summed E-state index contributed by atoms with van der Waals surface area (Å²) < 4.78 is 12.7. The number of piperazine rings is 1. The molecule has 3 aromatic carbocycles. The Labute approximate surface area is 258 Å². The highest BCUT2D eigenvalue weighted by Crippen LogP contribution is 2.36. The number of carbonyl (C=O) groups is 1. The molecule has 12 heteroatoms. The maximum absolute atomic E-state index is 12.7. The van der Waals surface area contributed by atoms with Crippen molar-refractivity contribution >= 4 is 66.6 Å². The van der Waals surface area contributed by atoms with Crippen LogP contribution in [0, 0.1) is 0 Å². The van der Waals surface area contributed by atoms with Gasteiger partial charge in [0.15, 0.2) is 16.6 Å². The lowest BCUT2D eigenvalue weighted by molar-refractivity contribution is 0.102. The molecule has 1 fully saturated rings. The SMILES string of the molecule is COc1cc2c(Nc3nc4ccc(NC(=O)c5cccc(Cl)c5)cc4s3)ncnc2cc1OCCCN1CCN(C)CC1. The molecule has 10 nitrogen and oxygen atoms in total. The molecule has 0 spiro atoms. The molecule has 5 aromatic rings. The van der Waals surface area contributed by atoms with Gasteiger partial charge in [0.05, 0.1) is 29.5 Å². The van der Waals surface area contributed by atoms with E-state index in [0.717, 1.165) is 60.3 Å². The second kappa shape index (κ2) is 13.1. The van der Waals surface area contributed by atoms with Crippen molar-refractivity contribution in [2.45, 2.75) is 6.42 Å². The average Bonchev–Trinajstić information content (AvgIpc) is 3.41. The number of benzene rings is 3. The summed E-state index contributed by atoms with van der Waals surface area (Å²) in [6, 6.07) is 16.2. The molecule has 222 valence electrons. The fraction of sp³-hybridized carbons (Fsp3) is 0.290. The monoisotopic (exact) mass is 617 g/mol. The minimum absolute atomic E-state index is 0.232. The van der Waals surface area contributed by atoms with E-state index >= 15 is 0 Å². The van der Waals surface area contributed by atoms with E-state index in [-0.39, 0.29) is 5.91 Å². The van der Waals surface area contributed by atoms with Crippen molar-refractivity contribution in [3.8, 4) is 11.5 Å². The van der Waals surface area contributed by atoms with Gasteiger partial charge in [-0.25, -0.2) is 15.0 Å². The topological polar surface area (TPSA) is 105 Å². The van der Waals surface area contributed by atoms with Crippen LogP contribution in [0.1, 0.15) is 16.8 Å². The zero-order chi connectivity index (χ0) is 29.8. The van der Waals surface area contributed by atoms with Gasteiger partial charge in [-0.1, -0.05) is 29.0 Å². The third-order valence-corrected chi connectivity index (χ3v) is 8.52. The number of aromatic nitrogens is 3. The first-order valence-corrected chi connectivity index (χ1v) is 15.3. The molecule has 43 heavy (non-hydrogen) atoms. The van der Waals surface area contributed by atoms with Crippen molar-refractivity contribution < 1.29 is 14.3 Å². The molecule has 3 heterocycles. The number of hydrogen-bond donors (Lipinski definition) is 2. The number of halogens is 1. The molecule has 1 aliphatic heterocycles. The largest absolute Gasteiger partial charge is 0.493 e. The third-order valence-electron chi connectivity index (χ3n) is 7.35. The molecule has 0 aliphatic carbocycles. The molecule has 6 rings (SSSR count). The van der Waals surface area contributed by atoms with Crippen LogP contribution in [-0.4, -0.2) is 84.1 Å². The van der Waals surface area contributed by atoms with Gasteiger partial charge in [0.25, 0.3) is 5.91 Å². The maximum atomic E-state index is 12.7. The molecule has 2 aromatic heterocycles. The minimum atomic E-state index is -0.232. The number of fused-ring (bicyclic) bond motifs is 2. The normalized spacial score (nSPS) is 14.2. The molecule has 0 unspecified atom stereocenters. The number of carbonyl (C=O) groups excluding carboxylic acids is 1. The Hall–Kier alpha value is -4.03. The van der Waals surface area contributed by atoms with Gasteiger partial charge in [-0.15, -0.1) is 0 Å². The van der Waals surface area contributed by atoms with E-state index < -0.39 is 0 Å². The smallest absolute Gasteiger partial charge is 0.255 e. The number of nitrogens with zero attached hydrogens (tertiary/aromatic N) is 5. The van der Waals surface area contributed by atoms with E-state index in [0.29, 0.717) is 45.3 Å². The van der Waals surface area contributed by atoms with Crippen molar-refractivity contribution in [3.63, 3.8) is 0 Å². The summed E-state index contributed by atoms with van der Waals surface area (Å²) in [7, 11) is 3.80. The highest BCUT2D eigenvalue weighted by Gasteiger charge is 2.16. The van der Waals surface area contributed by atoms with E-state index in [4.69, 9.17) is 26.1 Å². The van der Waals surface area contributed by atoms with Crippen LogP contribution in [0.3, 0.4) is 0 Å². The van der Waals surface area contributed by atoms with Crippen molar-refractivity contribution in [1.82, 2.24) is 24.8 Å². The van der Waals surface area contributed by atoms with Crippen LogP contribution >= 0.6 is 22.9 Å². The average molecular weight is 618 g/mol. The number of thiazole rings is 1. The van der Waals surface area contributed by atoms with Crippen molar-refractivity contribution in [2.75, 3.05) is 64.1 Å².